The highest BCUT2D eigenvalue weighted by Gasteiger charge is 2.27. The molecule has 0 bridgehead atoms. The molecule has 0 atom stereocenters. The number of aromatic nitrogens is 2. The van der Waals surface area contributed by atoms with Crippen LogP contribution in [0.25, 0.3) is 22.2 Å². The zero-order valence-electron chi connectivity index (χ0n) is 21.7. The molecule has 0 unspecified atom stereocenters. The molecular weight excluding hydrogens is 459 g/mol. The van der Waals surface area contributed by atoms with Gasteiger partial charge in [0, 0.05) is 37.4 Å². The van der Waals surface area contributed by atoms with Gasteiger partial charge in [0.1, 0.15) is 11.4 Å². The molecule has 0 radical (unpaired) electrons. The number of carbonyl (C=O) groups is 2. The van der Waals surface area contributed by atoms with Crippen LogP contribution in [0.3, 0.4) is 0 Å². The van der Waals surface area contributed by atoms with Gasteiger partial charge >= 0.3 is 6.09 Å². The highest BCUT2D eigenvalue weighted by molar-refractivity contribution is 6.03. The highest BCUT2D eigenvalue weighted by atomic mass is 19.1. The molecule has 0 spiro atoms. The smallest absolute Gasteiger partial charge is 0.410 e. The molecule has 0 saturated heterocycles. The van der Waals surface area contributed by atoms with Gasteiger partial charge < -0.3 is 18.9 Å². The second-order valence-corrected chi connectivity index (χ2v) is 10.3. The Morgan fingerprint density at radius 3 is 2.61 bits per heavy atom. The second-order valence-electron chi connectivity index (χ2n) is 10.3. The maximum absolute atomic E-state index is 14.4. The van der Waals surface area contributed by atoms with E-state index in [2.05, 4.69) is 4.98 Å². The summed E-state index contributed by atoms with van der Waals surface area (Å²) in [6.45, 7) is 12.7. The fourth-order valence-electron chi connectivity index (χ4n) is 4.48. The largest absolute Gasteiger partial charge is 0.444 e. The summed E-state index contributed by atoms with van der Waals surface area (Å²) in [7, 11) is 0. The van der Waals surface area contributed by atoms with Crippen molar-refractivity contribution in [1.82, 2.24) is 19.2 Å². The van der Waals surface area contributed by atoms with Gasteiger partial charge in [-0.25, -0.2) is 14.2 Å². The zero-order valence-corrected chi connectivity index (χ0v) is 21.7. The number of benzene rings is 1. The summed E-state index contributed by atoms with van der Waals surface area (Å²) in [5.41, 5.74) is 3.79. The first-order valence-electron chi connectivity index (χ1n) is 12.2. The third-order valence-electron chi connectivity index (χ3n) is 6.19. The molecular formula is C28H33FN4O3. The van der Waals surface area contributed by atoms with Gasteiger partial charge in [0.25, 0.3) is 5.91 Å². The Balaban J connectivity index is 1.76. The van der Waals surface area contributed by atoms with Gasteiger partial charge in [-0.2, -0.15) is 0 Å². The topological polar surface area (TPSA) is 67.2 Å². The van der Waals surface area contributed by atoms with E-state index < -0.39 is 11.4 Å². The fraction of sp³-hybridized carbons (Fsp3) is 0.393. The van der Waals surface area contributed by atoms with E-state index in [1.807, 2.05) is 64.3 Å². The van der Waals surface area contributed by atoms with Gasteiger partial charge in [0.2, 0.25) is 0 Å². The van der Waals surface area contributed by atoms with Crippen molar-refractivity contribution in [3.8, 4) is 11.1 Å². The average Bonchev–Trinajstić information content (AvgIpc) is 3.47. The number of hydrogen-bond acceptors (Lipinski definition) is 4. The van der Waals surface area contributed by atoms with Crippen molar-refractivity contribution >= 4 is 23.1 Å². The lowest BCUT2D eigenvalue weighted by Crippen LogP contribution is -2.37. The van der Waals surface area contributed by atoms with Crippen LogP contribution in [-0.2, 0) is 4.74 Å². The Hall–Kier alpha value is -3.68. The standard InChI is InChI=1S/C28H33FN4O3/c1-7-33(18(2)3)26(34)24-13-21(29)8-9-22(24)23-12-20(16-32-17-30-14-25(23)32)19-10-11-31(15-19)27(35)36-28(4,5)6/h8-10,12-14,16-18H,7,11,15H2,1-6H3. The molecule has 1 aromatic carbocycles. The lowest BCUT2D eigenvalue weighted by molar-refractivity contribution is 0.0306. The van der Waals surface area contributed by atoms with E-state index in [1.54, 1.807) is 28.4 Å². The first-order valence-corrected chi connectivity index (χ1v) is 12.2. The minimum Gasteiger partial charge on any atom is -0.444 e. The van der Waals surface area contributed by atoms with Crippen molar-refractivity contribution < 1.29 is 18.7 Å². The molecule has 2 aromatic heterocycles. The Bertz CT molecular complexity index is 1340. The number of fused-ring (bicyclic) bond motifs is 1. The van der Waals surface area contributed by atoms with Gasteiger partial charge in [0.15, 0.2) is 0 Å². The maximum Gasteiger partial charge on any atom is 0.410 e. The summed E-state index contributed by atoms with van der Waals surface area (Å²) in [4.78, 5) is 33.7. The number of carbonyl (C=O) groups excluding carboxylic acids is 2. The molecule has 1 aliphatic heterocycles. The van der Waals surface area contributed by atoms with Gasteiger partial charge in [-0.1, -0.05) is 12.1 Å². The van der Waals surface area contributed by atoms with Gasteiger partial charge in [0.05, 0.1) is 23.6 Å². The highest BCUT2D eigenvalue weighted by Crippen LogP contribution is 2.33. The van der Waals surface area contributed by atoms with E-state index in [0.29, 0.717) is 30.8 Å². The quantitative estimate of drug-likeness (QED) is 0.462. The molecule has 190 valence electrons. The zero-order chi connectivity index (χ0) is 26.2. The van der Waals surface area contributed by atoms with E-state index in [4.69, 9.17) is 4.74 Å². The second kappa shape index (κ2) is 9.76. The van der Waals surface area contributed by atoms with Crippen molar-refractivity contribution in [3.05, 3.63) is 66.0 Å². The minimum atomic E-state index is -0.573. The Morgan fingerprint density at radius 1 is 1.19 bits per heavy atom. The van der Waals surface area contributed by atoms with E-state index in [0.717, 1.165) is 22.2 Å². The Kier molecular flexibility index (Phi) is 6.89. The number of hydrogen-bond donors (Lipinski definition) is 0. The number of rotatable bonds is 5. The SMILES string of the molecule is CCN(C(=O)c1cc(F)ccc1-c1cc(C2=CCN(C(=O)OC(C)(C)C)C2)cn2cncc12)C(C)C. The van der Waals surface area contributed by atoms with Gasteiger partial charge in [-0.3, -0.25) is 4.79 Å². The van der Waals surface area contributed by atoms with Crippen LogP contribution in [0.5, 0.6) is 0 Å². The lowest BCUT2D eigenvalue weighted by atomic mass is 9.95. The first kappa shape index (κ1) is 25.4. The molecule has 7 nitrogen and oxygen atoms in total. The van der Waals surface area contributed by atoms with Crippen molar-refractivity contribution in [3.63, 3.8) is 0 Å². The summed E-state index contributed by atoms with van der Waals surface area (Å²) >= 11 is 0. The maximum atomic E-state index is 14.4. The molecule has 0 aliphatic carbocycles. The summed E-state index contributed by atoms with van der Waals surface area (Å²) in [6, 6.07) is 6.29. The van der Waals surface area contributed by atoms with Crippen LogP contribution in [0.4, 0.5) is 9.18 Å². The summed E-state index contributed by atoms with van der Waals surface area (Å²) in [5, 5.41) is 0. The number of amides is 2. The van der Waals surface area contributed by atoms with Crippen molar-refractivity contribution in [2.75, 3.05) is 19.6 Å². The molecule has 0 fully saturated rings. The minimum absolute atomic E-state index is 0.0255. The fourth-order valence-corrected chi connectivity index (χ4v) is 4.48. The number of nitrogens with zero attached hydrogens (tertiary/aromatic N) is 4. The Morgan fingerprint density at radius 2 is 1.94 bits per heavy atom. The van der Waals surface area contributed by atoms with Crippen LogP contribution >= 0.6 is 0 Å². The van der Waals surface area contributed by atoms with Crippen LogP contribution in [0.2, 0.25) is 0 Å². The van der Waals surface area contributed by atoms with E-state index in [-0.39, 0.29) is 18.0 Å². The molecule has 3 aromatic rings. The normalized spacial score (nSPS) is 13.9. The van der Waals surface area contributed by atoms with E-state index in [9.17, 15) is 14.0 Å². The van der Waals surface area contributed by atoms with E-state index in [1.165, 1.54) is 12.1 Å². The number of ether oxygens (including phenoxy) is 1. The molecule has 1 aliphatic rings. The van der Waals surface area contributed by atoms with Crippen LogP contribution in [0.15, 0.2) is 49.1 Å². The third-order valence-corrected chi connectivity index (χ3v) is 6.19. The summed E-state index contributed by atoms with van der Waals surface area (Å²) in [6.07, 6.45) is 7.01. The van der Waals surface area contributed by atoms with Crippen LogP contribution in [0, 0.1) is 5.82 Å². The van der Waals surface area contributed by atoms with Crippen molar-refractivity contribution in [1.29, 1.82) is 0 Å². The van der Waals surface area contributed by atoms with Crippen LogP contribution in [-0.4, -0.2) is 62.5 Å². The lowest BCUT2D eigenvalue weighted by Gasteiger charge is -2.26. The van der Waals surface area contributed by atoms with Crippen LogP contribution < -0.4 is 0 Å². The number of imidazole rings is 1. The summed E-state index contributed by atoms with van der Waals surface area (Å²) < 4.78 is 21.8. The van der Waals surface area contributed by atoms with Gasteiger partial charge in [-0.15, -0.1) is 0 Å². The van der Waals surface area contributed by atoms with Crippen molar-refractivity contribution in [2.45, 2.75) is 53.2 Å². The molecule has 8 heteroatoms. The van der Waals surface area contributed by atoms with Crippen LogP contribution in [0.1, 0.15) is 57.5 Å². The predicted molar refractivity (Wildman–Crippen MR) is 138 cm³/mol. The molecule has 3 heterocycles. The first-order chi connectivity index (χ1) is 17.0. The monoisotopic (exact) mass is 492 g/mol. The third kappa shape index (κ3) is 5.12. The predicted octanol–water partition coefficient (Wildman–Crippen LogP) is 5.65. The molecule has 0 saturated carbocycles. The summed E-state index contributed by atoms with van der Waals surface area (Å²) in [5.74, 6) is -0.685. The molecule has 0 N–H and O–H groups in total. The molecule has 2 amide bonds. The average molecular weight is 493 g/mol. The number of pyridine rings is 1. The molecule has 4 rings (SSSR count). The van der Waals surface area contributed by atoms with E-state index >= 15 is 0 Å². The molecule has 36 heavy (non-hydrogen) atoms. The van der Waals surface area contributed by atoms with Gasteiger partial charge in [-0.05, 0) is 76.4 Å². The Labute approximate surface area is 211 Å². The number of halogens is 1. The van der Waals surface area contributed by atoms with Crippen molar-refractivity contribution in [2.24, 2.45) is 0 Å².